The lowest BCUT2D eigenvalue weighted by atomic mass is 10.0. The largest absolute Gasteiger partial charge is 0.494 e. The fourth-order valence-corrected chi connectivity index (χ4v) is 3.20. The monoisotopic (exact) mass is 420 g/mol. The number of benzene rings is 2. The average molecular weight is 421 g/mol. The lowest BCUT2D eigenvalue weighted by molar-refractivity contribution is 0.340. The third-order valence-corrected chi connectivity index (χ3v) is 4.59. The van der Waals surface area contributed by atoms with E-state index in [4.69, 9.17) is 9.73 Å². The van der Waals surface area contributed by atoms with Gasteiger partial charge in [-0.1, -0.05) is 15.9 Å². The molecule has 0 spiro atoms. The Morgan fingerprint density at radius 1 is 1.04 bits per heavy atom. The molecule has 0 unspecified atom stereocenters. The Hall–Kier alpha value is -2.99. The average Bonchev–Trinajstić information content (AvgIpc) is 2.89. The molecule has 0 aliphatic carbocycles. The van der Waals surface area contributed by atoms with E-state index in [1.165, 1.54) is 0 Å². The molecule has 6 heteroatoms. The molecule has 27 heavy (non-hydrogen) atoms. The summed E-state index contributed by atoms with van der Waals surface area (Å²) in [6.07, 6.45) is 3.50. The Morgan fingerprint density at radius 2 is 1.89 bits per heavy atom. The normalized spacial score (nSPS) is 13.0. The minimum Gasteiger partial charge on any atom is -0.494 e. The highest BCUT2D eigenvalue weighted by molar-refractivity contribution is 9.10. The SMILES string of the molecule is CCOc1ccc(C2=NNC(c3cccnc3)=Nc3ccc(Br)cc32)cc1. The van der Waals surface area contributed by atoms with Crippen molar-refractivity contribution >= 4 is 33.2 Å². The number of aliphatic imine (C=N–C) groups is 1. The predicted octanol–water partition coefficient (Wildman–Crippen LogP) is 4.68. The van der Waals surface area contributed by atoms with Gasteiger partial charge in [0.15, 0.2) is 5.84 Å². The molecule has 0 fully saturated rings. The number of hydrogen-bond acceptors (Lipinski definition) is 5. The number of hydrazone groups is 1. The maximum atomic E-state index is 5.54. The molecule has 3 aromatic rings. The number of amidine groups is 1. The molecule has 2 heterocycles. The van der Waals surface area contributed by atoms with Crippen LogP contribution in [0.25, 0.3) is 0 Å². The van der Waals surface area contributed by atoms with Gasteiger partial charge in [-0.25, -0.2) is 4.99 Å². The Morgan fingerprint density at radius 3 is 2.63 bits per heavy atom. The van der Waals surface area contributed by atoms with Gasteiger partial charge in [0.05, 0.1) is 12.3 Å². The smallest absolute Gasteiger partial charge is 0.155 e. The second kappa shape index (κ2) is 7.72. The van der Waals surface area contributed by atoms with Crippen LogP contribution in [0.5, 0.6) is 5.75 Å². The molecular formula is C21H17BrN4O. The maximum Gasteiger partial charge on any atom is 0.155 e. The van der Waals surface area contributed by atoms with Gasteiger partial charge in [0.1, 0.15) is 11.5 Å². The Balaban J connectivity index is 1.80. The van der Waals surface area contributed by atoms with E-state index in [0.29, 0.717) is 12.4 Å². The van der Waals surface area contributed by atoms with E-state index in [2.05, 4.69) is 31.4 Å². The first kappa shape index (κ1) is 17.4. The standard InChI is InChI=1S/C21H17BrN4O/c1-2-27-17-8-5-14(6-9-17)20-18-12-16(22)7-10-19(18)24-21(26-25-20)15-4-3-11-23-13-15/h3-13H,2H2,1H3,(H,24,26). The summed E-state index contributed by atoms with van der Waals surface area (Å²) < 4.78 is 6.52. The van der Waals surface area contributed by atoms with Gasteiger partial charge in [-0.15, -0.1) is 0 Å². The maximum absolute atomic E-state index is 5.54. The summed E-state index contributed by atoms with van der Waals surface area (Å²) in [6, 6.07) is 17.7. The topological polar surface area (TPSA) is 58.9 Å². The van der Waals surface area contributed by atoms with Crippen LogP contribution in [0.2, 0.25) is 0 Å². The summed E-state index contributed by atoms with van der Waals surface area (Å²) in [5.41, 5.74) is 7.56. The van der Waals surface area contributed by atoms with Gasteiger partial charge in [-0.2, -0.15) is 5.10 Å². The van der Waals surface area contributed by atoms with Gasteiger partial charge in [0.25, 0.3) is 0 Å². The number of halogens is 1. The van der Waals surface area contributed by atoms with Crippen molar-refractivity contribution in [2.24, 2.45) is 10.1 Å². The summed E-state index contributed by atoms with van der Waals surface area (Å²) in [5.74, 6) is 1.50. The first-order valence-corrected chi connectivity index (χ1v) is 9.40. The molecule has 0 bridgehead atoms. The number of nitrogens with one attached hydrogen (secondary N) is 1. The molecule has 0 amide bonds. The van der Waals surface area contributed by atoms with Crippen LogP contribution in [0, 0.1) is 0 Å². The van der Waals surface area contributed by atoms with Crippen LogP contribution in [-0.4, -0.2) is 23.1 Å². The van der Waals surface area contributed by atoms with Crippen molar-refractivity contribution < 1.29 is 4.74 Å². The zero-order chi connectivity index (χ0) is 18.6. The second-order valence-corrected chi connectivity index (χ2v) is 6.81. The van der Waals surface area contributed by atoms with Crippen molar-refractivity contribution in [1.29, 1.82) is 0 Å². The molecule has 1 N–H and O–H groups in total. The lowest BCUT2D eigenvalue weighted by Crippen LogP contribution is -2.19. The zero-order valence-electron chi connectivity index (χ0n) is 14.7. The van der Waals surface area contributed by atoms with Crippen molar-refractivity contribution in [1.82, 2.24) is 10.4 Å². The van der Waals surface area contributed by atoms with E-state index in [1.54, 1.807) is 12.4 Å². The third-order valence-electron chi connectivity index (χ3n) is 4.09. The number of fused-ring (bicyclic) bond motifs is 1. The lowest BCUT2D eigenvalue weighted by Gasteiger charge is -2.09. The second-order valence-electron chi connectivity index (χ2n) is 5.89. The molecule has 2 aromatic carbocycles. The van der Waals surface area contributed by atoms with E-state index in [-0.39, 0.29) is 0 Å². The van der Waals surface area contributed by atoms with Gasteiger partial charge in [0, 0.05) is 33.6 Å². The Bertz CT molecular complexity index is 1010. The fourth-order valence-electron chi connectivity index (χ4n) is 2.84. The molecule has 0 saturated heterocycles. The molecule has 1 aliphatic heterocycles. The third kappa shape index (κ3) is 3.75. The molecule has 1 aliphatic rings. The molecule has 0 saturated carbocycles. The summed E-state index contributed by atoms with van der Waals surface area (Å²) in [5, 5.41) is 4.66. The van der Waals surface area contributed by atoms with Crippen LogP contribution in [0.3, 0.4) is 0 Å². The fraction of sp³-hybridized carbons (Fsp3) is 0.0952. The van der Waals surface area contributed by atoms with Gasteiger partial charge in [-0.3, -0.25) is 10.4 Å². The van der Waals surface area contributed by atoms with Crippen LogP contribution < -0.4 is 10.2 Å². The number of hydrogen-bond donors (Lipinski definition) is 1. The van der Waals surface area contributed by atoms with E-state index >= 15 is 0 Å². The Labute approximate surface area is 166 Å². The highest BCUT2D eigenvalue weighted by Crippen LogP contribution is 2.29. The molecule has 0 atom stereocenters. The first-order valence-electron chi connectivity index (χ1n) is 8.60. The number of nitrogens with zero attached hydrogens (tertiary/aromatic N) is 3. The predicted molar refractivity (Wildman–Crippen MR) is 111 cm³/mol. The van der Waals surface area contributed by atoms with Crippen LogP contribution >= 0.6 is 15.9 Å². The molecule has 0 radical (unpaired) electrons. The van der Waals surface area contributed by atoms with Crippen molar-refractivity contribution in [2.45, 2.75) is 6.92 Å². The number of rotatable bonds is 4. The summed E-state index contributed by atoms with van der Waals surface area (Å²) in [7, 11) is 0. The van der Waals surface area contributed by atoms with Crippen LogP contribution in [0.1, 0.15) is 23.6 Å². The number of aromatic nitrogens is 1. The van der Waals surface area contributed by atoms with Crippen molar-refractivity contribution in [2.75, 3.05) is 6.61 Å². The first-order chi connectivity index (χ1) is 13.2. The number of ether oxygens (including phenoxy) is 1. The van der Waals surface area contributed by atoms with E-state index < -0.39 is 0 Å². The van der Waals surface area contributed by atoms with Crippen LogP contribution in [-0.2, 0) is 0 Å². The van der Waals surface area contributed by atoms with Gasteiger partial charge >= 0.3 is 0 Å². The van der Waals surface area contributed by atoms with E-state index in [9.17, 15) is 0 Å². The minimum atomic E-state index is 0.639. The highest BCUT2D eigenvalue weighted by Gasteiger charge is 2.17. The molecular weight excluding hydrogens is 404 g/mol. The molecule has 5 nitrogen and oxygen atoms in total. The summed E-state index contributed by atoms with van der Waals surface area (Å²) in [4.78, 5) is 8.95. The van der Waals surface area contributed by atoms with E-state index in [0.717, 1.165) is 38.3 Å². The van der Waals surface area contributed by atoms with Crippen LogP contribution in [0.4, 0.5) is 5.69 Å². The quantitative estimate of drug-likeness (QED) is 0.666. The van der Waals surface area contributed by atoms with Crippen LogP contribution in [0.15, 0.2) is 81.6 Å². The molecule has 1 aromatic heterocycles. The van der Waals surface area contributed by atoms with Crippen molar-refractivity contribution in [3.8, 4) is 5.75 Å². The van der Waals surface area contributed by atoms with Gasteiger partial charge < -0.3 is 4.74 Å². The van der Waals surface area contributed by atoms with E-state index in [1.807, 2.05) is 61.5 Å². The van der Waals surface area contributed by atoms with Crippen molar-refractivity contribution in [3.63, 3.8) is 0 Å². The zero-order valence-corrected chi connectivity index (χ0v) is 16.3. The minimum absolute atomic E-state index is 0.639. The Kier molecular flexibility index (Phi) is 4.98. The highest BCUT2D eigenvalue weighted by atomic mass is 79.9. The van der Waals surface area contributed by atoms with Gasteiger partial charge in [-0.05, 0) is 61.5 Å². The molecule has 134 valence electrons. The van der Waals surface area contributed by atoms with Gasteiger partial charge in [0.2, 0.25) is 0 Å². The molecule has 4 rings (SSSR count). The number of pyridine rings is 1. The van der Waals surface area contributed by atoms with Crippen molar-refractivity contribution in [3.05, 3.63) is 88.2 Å². The summed E-state index contributed by atoms with van der Waals surface area (Å²) >= 11 is 3.55. The summed E-state index contributed by atoms with van der Waals surface area (Å²) in [6.45, 7) is 2.61.